The van der Waals surface area contributed by atoms with E-state index in [1.165, 1.54) is 6.92 Å². The average Bonchev–Trinajstić information content (AvgIpc) is 2.62. The molecule has 2 heterocycles. The number of nitrogens with zero attached hydrogens (tertiary/aromatic N) is 2. The van der Waals surface area contributed by atoms with Crippen LogP contribution in [0.4, 0.5) is 4.79 Å². The fourth-order valence-electron chi connectivity index (χ4n) is 2.34. The number of sulfonamides is 1. The third-order valence-corrected chi connectivity index (χ3v) is 5.49. The highest BCUT2D eigenvalue weighted by Crippen LogP contribution is 2.27. The van der Waals surface area contributed by atoms with Crippen LogP contribution in [0.5, 0.6) is 0 Å². The van der Waals surface area contributed by atoms with Crippen molar-refractivity contribution in [2.45, 2.75) is 30.6 Å². The minimum atomic E-state index is -3.78. The lowest BCUT2D eigenvalue weighted by Crippen LogP contribution is -2.60. The van der Waals surface area contributed by atoms with Crippen molar-refractivity contribution in [1.29, 1.82) is 5.26 Å². The number of urea groups is 1. The molecule has 0 aliphatic carbocycles. The van der Waals surface area contributed by atoms with Gasteiger partial charge >= 0.3 is 6.03 Å². The van der Waals surface area contributed by atoms with Gasteiger partial charge in [-0.3, -0.25) is 10.1 Å². The van der Waals surface area contributed by atoms with Crippen molar-refractivity contribution >= 4 is 22.0 Å². The number of amides is 3. The molecule has 1 spiro atoms. The summed E-state index contributed by atoms with van der Waals surface area (Å²) in [4.78, 5) is 23.0. The molecule has 2 unspecified atom stereocenters. The predicted octanol–water partition coefficient (Wildman–Crippen LogP) is -1.10. The van der Waals surface area contributed by atoms with E-state index in [-0.39, 0.29) is 13.1 Å². The summed E-state index contributed by atoms with van der Waals surface area (Å²) in [6.45, 7) is 1.42. The zero-order valence-corrected chi connectivity index (χ0v) is 11.2. The smallest absolute Gasteiger partial charge is 0.322 e. The highest BCUT2D eigenvalue weighted by Gasteiger charge is 2.51. The first-order valence-electron chi connectivity index (χ1n) is 5.84. The Kier molecular flexibility index (Phi) is 3.24. The van der Waals surface area contributed by atoms with Crippen molar-refractivity contribution < 1.29 is 18.0 Å². The molecule has 2 aliphatic heterocycles. The van der Waals surface area contributed by atoms with E-state index in [9.17, 15) is 18.0 Å². The first-order valence-corrected chi connectivity index (χ1v) is 7.34. The molecule has 9 heteroatoms. The lowest BCUT2D eigenvalue weighted by Gasteiger charge is -2.37. The molecule has 104 valence electrons. The SMILES string of the molecule is CC(C#N)S(=O)(=O)N1CCCC2(C1)NC(=O)NC2=O. The largest absolute Gasteiger partial charge is 0.322 e. The van der Waals surface area contributed by atoms with Gasteiger partial charge in [0.05, 0.1) is 6.07 Å². The third kappa shape index (κ3) is 2.17. The minimum Gasteiger partial charge on any atom is -0.322 e. The number of imide groups is 1. The molecular weight excluding hydrogens is 272 g/mol. The van der Waals surface area contributed by atoms with Gasteiger partial charge in [-0.1, -0.05) is 0 Å². The van der Waals surface area contributed by atoms with Gasteiger partial charge in [0, 0.05) is 13.1 Å². The Morgan fingerprint density at radius 2 is 2.16 bits per heavy atom. The molecule has 2 rings (SSSR count). The number of nitrogens with one attached hydrogen (secondary N) is 2. The summed E-state index contributed by atoms with van der Waals surface area (Å²) in [5, 5.41) is 12.2. The zero-order chi connectivity index (χ0) is 14.3. The van der Waals surface area contributed by atoms with Crippen LogP contribution in [-0.4, -0.2) is 48.5 Å². The van der Waals surface area contributed by atoms with Crippen molar-refractivity contribution in [2.24, 2.45) is 0 Å². The monoisotopic (exact) mass is 286 g/mol. The Hall–Kier alpha value is -1.66. The van der Waals surface area contributed by atoms with E-state index < -0.39 is 32.8 Å². The van der Waals surface area contributed by atoms with E-state index in [1.807, 2.05) is 0 Å². The summed E-state index contributed by atoms with van der Waals surface area (Å²) < 4.78 is 25.3. The van der Waals surface area contributed by atoms with Crippen molar-refractivity contribution in [2.75, 3.05) is 13.1 Å². The fourth-order valence-corrected chi connectivity index (χ4v) is 3.70. The Labute approximate surface area is 110 Å². The second-order valence-corrected chi connectivity index (χ2v) is 7.00. The molecular formula is C10H14N4O4S. The normalized spacial score (nSPS) is 29.7. The van der Waals surface area contributed by atoms with Crippen LogP contribution in [0.1, 0.15) is 19.8 Å². The zero-order valence-electron chi connectivity index (χ0n) is 10.3. The van der Waals surface area contributed by atoms with Crippen molar-refractivity contribution in [1.82, 2.24) is 14.9 Å². The lowest BCUT2D eigenvalue weighted by atomic mass is 9.90. The number of hydrogen-bond donors (Lipinski definition) is 2. The van der Waals surface area contributed by atoms with Crippen LogP contribution in [0.15, 0.2) is 0 Å². The van der Waals surface area contributed by atoms with Gasteiger partial charge in [-0.15, -0.1) is 0 Å². The molecule has 3 amide bonds. The summed E-state index contributed by atoms with van der Waals surface area (Å²) in [6.07, 6.45) is 0.836. The van der Waals surface area contributed by atoms with Crippen LogP contribution in [0, 0.1) is 11.3 Å². The van der Waals surface area contributed by atoms with E-state index in [0.717, 1.165) is 4.31 Å². The second kappa shape index (κ2) is 4.47. The Morgan fingerprint density at radius 1 is 1.47 bits per heavy atom. The Morgan fingerprint density at radius 3 is 2.68 bits per heavy atom. The first-order chi connectivity index (χ1) is 8.82. The van der Waals surface area contributed by atoms with Crippen LogP contribution in [0.3, 0.4) is 0 Å². The van der Waals surface area contributed by atoms with Crippen LogP contribution < -0.4 is 10.6 Å². The quantitative estimate of drug-likeness (QED) is 0.625. The molecule has 0 aromatic carbocycles. The first kappa shape index (κ1) is 13.8. The molecule has 0 saturated carbocycles. The topological polar surface area (TPSA) is 119 Å². The lowest BCUT2D eigenvalue weighted by molar-refractivity contribution is -0.125. The van der Waals surface area contributed by atoms with E-state index in [2.05, 4.69) is 10.6 Å². The highest BCUT2D eigenvalue weighted by atomic mass is 32.2. The molecule has 2 N–H and O–H groups in total. The van der Waals surface area contributed by atoms with Crippen molar-refractivity contribution in [3.63, 3.8) is 0 Å². The minimum absolute atomic E-state index is 0.126. The van der Waals surface area contributed by atoms with E-state index >= 15 is 0 Å². The highest BCUT2D eigenvalue weighted by molar-refractivity contribution is 7.89. The Bertz CT molecular complexity index is 567. The number of carbonyl (C=O) groups excluding carboxylic acids is 2. The number of piperidine rings is 1. The number of carbonyl (C=O) groups is 2. The summed E-state index contributed by atoms with van der Waals surface area (Å²) in [5.41, 5.74) is -1.20. The number of rotatable bonds is 2. The van der Waals surface area contributed by atoms with Gasteiger partial charge in [0.15, 0.2) is 5.25 Å². The van der Waals surface area contributed by atoms with Gasteiger partial charge in [-0.25, -0.2) is 13.2 Å². The third-order valence-electron chi connectivity index (χ3n) is 3.46. The molecule has 8 nitrogen and oxygen atoms in total. The van der Waals surface area contributed by atoms with Crippen LogP contribution >= 0.6 is 0 Å². The van der Waals surface area contributed by atoms with Crippen molar-refractivity contribution in [3.8, 4) is 6.07 Å². The Balaban J connectivity index is 2.26. The van der Waals surface area contributed by atoms with E-state index in [4.69, 9.17) is 5.26 Å². The van der Waals surface area contributed by atoms with Gasteiger partial charge in [0.25, 0.3) is 5.91 Å². The van der Waals surface area contributed by atoms with Gasteiger partial charge in [-0.05, 0) is 19.8 Å². The van der Waals surface area contributed by atoms with Gasteiger partial charge in [0.2, 0.25) is 10.0 Å². The average molecular weight is 286 g/mol. The maximum absolute atomic E-state index is 12.1. The van der Waals surface area contributed by atoms with Crippen LogP contribution in [-0.2, 0) is 14.8 Å². The van der Waals surface area contributed by atoms with Crippen LogP contribution in [0.2, 0.25) is 0 Å². The molecule has 0 radical (unpaired) electrons. The number of hydrogen-bond acceptors (Lipinski definition) is 5. The molecule has 2 atom stereocenters. The summed E-state index contributed by atoms with van der Waals surface area (Å²) in [7, 11) is -3.78. The van der Waals surface area contributed by atoms with Crippen molar-refractivity contribution in [3.05, 3.63) is 0 Å². The molecule has 2 aliphatic rings. The fraction of sp³-hybridized carbons (Fsp3) is 0.700. The molecule has 0 bridgehead atoms. The van der Waals surface area contributed by atoms with Gasteiger partial charge in [0.1, 0.15) is 5.54 Å². The maximum atomic E-state index is 12.1. The molecule has 19 heavy (non-hydrogen) atoms. The van der Waals surface area contributed by atoms with Crippen LogP contribution in [0.25, 0.3) is 0 Å². The predicted molar refractivity (Wildman–Crippen MR) is 64.2 cm³/mol. The van der Waals surface area contributed by atoms with Gasteiger partial charge < -0.3 is 5.32 Å². The van der Waals surface area contributed by atoms with Gasteiger partial charge in [-0.2, -0.15) is 9.57 Å². The molecule has 0 aromatic rings. The molecule has 2 fully saturated rings. The summed E-state index contributed by atoms with van der Waals surface area (Å²) in [6, 6.07) is 1.07. The maximum Gasteiger partial charge on any atom is 0.322 e. The van der Waals surface area contributed by atoms with E-state index in [0.29, 0.717) is 12.8 Å². The molecule has 0 aromatic heterocycles. The van der Waals surface area contributed by atoms with E-state index in [1.54, 1.807) is 6.07 Å². The molecule has 2 saturated heterocycles. The second-order valence-electron chi connectivity index (χ2n) is 4.74. The number of nitriles is 1. The summed E-state index contributed by atoms with van der Waals surface area (Å²) >= 11 is 0. The standard InChI is InChI=1S/C10H14N4O4S/c1-7(5-11)19(17,18)14-4-2-3-10(6-14)8(15)12-9(16)13-10/h7H,2-4,6H2,1H3,(H2,12,13,15,16). The summed E-state index contributed by atoms with van der Waals surface area (Å²) in [5.74, 6) is -0.512.